The Bertz CT molecular complexity index is 1020. The van der Waals surface area contributed by atoms with Gasteiger partial charge in [-0.3, -0.25) is 4.79 Å². The van der Waals surface area contributed by atoms with Crippen LogP contribution in [0.15, 0.2) is 48.5 Å². The number of nitrogens with two attached hydrogens (primary N) is 1. The number of fused-ring (bicyclic) bond motifs is 1. The van der Waals surface area contributed by atoms with Crippen molar-refractivity contribution < 1.29 is 4.79 Å². The average Bonchev–Trinajstić information content (AvgIpc) is 2.66. The molecule has 29 heavy (non-hydrogen) atoms. The van der Waals surface area contributed by atoms with Crippen molar-refractivity contribution in [3.05, 3.63) is 65.2 Å². The fourth-order valence-corrected chi connectivity index (χ4v) is 3.96. The quantitative estimate of drug-likeness (QED) is 0.625. The summed E-state index contributed by atoms with van der Waals surface area (Å²) >= 11 is 0. The van der Waals surface area contributed by atoms with E-state index in [1.807, 2.05) is 35.2 Å². The first kappa shape index (κ1) is 23.1. The van der Waals surface area contributed by atoms with Gasteiger partial charge in [0.05, 0.1) is 16.8 Å². The van der Waals surface area contributed by atoms with Crippen LogP contribution in [0.25, 0.3) is 22.2 Å². The van der Waals surface area contributed by atoms with E-state index in [-0.39, 0.29) is 36.8 Å². The van der Waals surface area contributed by atoms with E-state index in [1.54, 1.807) is 0 Å². The molecule has 1 aliphatic rings. The number of piperidine rings is 1. The second kappa shape index (κ2) is 9.57. The van der Waals surface area contributed by atoms with E-state index >= 15 is 0 Å². The van der Waals surface area contributed by atoms with Crippen molar-refractivity contribution in [2.24, 2.45) is 5.73 Å². The Morgan fingerprint density at radius 2 is 1.86 bits per heavy atom. The van der Waals surface area contributed by atoms with Crippen molar-refractivity contribution in [3.63, 3.8) is 0 Å². The van der Waals surface area contributed by atoms with E-state index in [9.17, 15) is 4.79 Å². The maximum Gasteiger partial charge on any atom is 0.254 e. The first-order chi connectivity index (χ1) is 13.0. The van der Waals surface area contributed by atoms with Crippen LogP contribution in [0.5, 0.6) is 0 Å². The predicted molar refractivity (Wildman–Crippen MR) is 124 cm³/mol. The number of aryl methyl sites for hydroxylation is 2. The smallest absolute Gasteiger partial charge is 0.254 e. The van der Waals surface area contributed by atoms with Gasteiger partial charge in [0.2, 0.25) is 0 Å². The Balaban J connectivity index is 0.00000150. The average molecular weight is 432 g/mol. The van der Waals surface area contributed by atoms with Gasteiger partial charge in [-0.1, -0.05) is 42.0 Å². The van der Waals surface area contributed by atoms with Crippen LogP contribution in [0.3, 0.4) is 0 Å². The Labute approximate surface area is 184 Å². The summed E-state index contributed by atoms with van der Waals surface area (Å²) in [6.07, 6.45) is 1.94. The van der Waals surface area contributed by atoms with Crippen molar-refractivity contribution in [2.75, 3.05) is 13.1 Å². The van der Waals surface area contributed by atoms with Gasteiger partial charge < -0.3 is 10.6 Å². The Kier molecular flexibility index (Phi) is 7.64. The number of pyridine rings is 1. The maximum absolute atomic E-state index is 13.3. The van der Waals surface area contributed by atoms with Gasteiger partial charge in [0, 0.05) is 30.1 Å². The van der Waals surface area contributed by atoms with Crippen LogP contribution < -0.4 is 5.73 Å². The molecule has 154 valence electrons. The van der Waals surface area contributed by atoms with Crippen molar-refractivity contribution in [2.45, 2.75) is 32.7 Å². The number of benzene rings is 2. The number of halogens is 2. The van der Waals surface area contributed by atoms with Gasteiger partial charge in [-0.15, -0.1) is 24.8 Å². The maximum atomic E-state index is 13.3. The normalized spacial score (nSPS) is 16.1. The molecule has 0 aliphatic carbocycles. The molecule has 1 atom stereocenters. The number of hydrogen-bond acceptors (Lipinski definition) is 3. The highest BCUT2D eigenvalue weighted by Crippen LogP contribution is 2.29. The fourth-order valence-electron chi connectivity index (χ4n) is 3.96. The number of amides is 1. The monoisotopic (exact) mass is 431 g/mol. The Hall–Kier alpha value is -2.14. The van der Waals surface area contributed by atoms with Crippen LogP contribution in [0, 0.1) is 13.8 Å². The van der Waals surface area contributed by atoms with Crippen molar-refractivity contribution in [1.82, 2.24) is 9.88 Å². The number of aromatic nitrogens is 1. The molecule has 2 heterocycles. The van der Waals surface area contributed by atoms with Crippen LogP contribution in [-0.4, -0.2) is 34.9 Å². The van der Waals surface area contributed by atoms with Crippen LogP contribution >= 0.6 is 24.8 Å². The van der Waals surface area contributed by atoms with Crippen LogP contribution in [0.4, 0.5) is 0 Å². The van der Waals surface area contributed by atoms with Crippen LogP contribution in [0.1, 0.15) is 34.3 Å². The molecular formula is C23H27Cl2N3O. The van der Waals surface area contributed by atoms with E-state index in [4.69, 9.17) is 10.7 Å². The molecule has 0 bridgehead atoms. The first-order valence-corrected chi connectivity index (χ1v) is 9.55. The Morgan fingerprint density at radius 1 is 1.10 bits per heavy atom. The standard InChI is InChI=1S/C23H25N3O.2ClH/c1-15-9-10-18(16(2)12-15)22-13-20(19-7-3-4-8-21(19)25-22)23(27)26-11-5-6-17(24)14-26;;/h3-4,7-10,12-13,17H,5-6,11,14,24H2,1-2H3;2*1H. The lowest BCUT2D eigenvalue weighted by Crippen LogP contribution is -2.45. The summed E-state index contributed by atoms with van der Waals surface area (Å²) in [7, 11) is 0. The third-order valence-electron chi connectivity index (χ3n) is 5.35. The van der Waals surface area contributed by atoms with Crippen molar-refractivity contribution in [3.8, 4) is 11.3 Å². The van der Waals surface area contributed by atoms with Gasteiger partial charge in [0.15, 0.2) is 0 Å². The molecule has 0 saturated carbocycles. The number of para-hydroxylation sites is 1. The summed E-state index contributed by atoms with van der Waals surface area (Å²) < 4.78 is 0. The van der Waals surface area contributed by atoms with E-state index in [0.717, 1.165) is 47.1 Å². The third-order valence-corrected chi connectivity index (χ3v) is 5.35. The number of hydrogen-bond donors (Lipinski definition) is 1. The van der Waals surface area contributed by atoms with Crippen LogP contribution in [0.2, 0.25) is 0 Å². The molecule has 3 aromatic rings. The molecule has 1 aliphatic heterocycles. The Morgan fingerprint density at radius 3 is 2.59 bits per heavy atom. The molecule has 0 radical (unpaired) electrons. The van der Waals surface area contributed by atoms with Gasteiger partial charge in [0.1, 0.15) is 0 Å². The first-order valence-electron chi connectivity index (χ1n) is 9.55. The molecule has 4 nitrogen and oxygen atoms in total. The highest BCUT2D eigenvalue weighted by Gasteiger charge is 2.24. The van der Waals surface area contributed by atoms with E-state index < -0.39 is 0 Å². The van der Waals surface area contributed by atoms with E-state index in [2.05, 4.69) is 32.0 Å². The topological polar surface area (TPSA) is 59.2 Å². The summed E-state index contributed by atoms with van der Waals surface area (Å²) in [6, 6.07) is 16.2. The van der Waals surface area contributed by atoms with Crippen LogP contribution in [-0.2, 0) is 0 Å². The number of carbonyl (C=O) groups excluding carboxylic acids is 1. The molecule has 1 fully saturated rings. The van der Waals surface area contributed by atoms with Gasteiger partial charge in [0.25, 0.3) is 5.91 Å². The predicted octanol–water partition coefficient (Wildman–Crippen LogP) is 4.93. The summed E-state index contributed by atoms with van der Waals surface area (Å²) in [5.74, 6) is 0.0507. The molecule has 0 spiro atoms. The number of rotatable bonds is 2. The zero-order valence-corrected chi connectivity index (χ0v) is 18.4. The second-order valence-corrected chi connectivity index (χ2v) is 7.54. The second-order valence-electron chi connectivity index (χ2n) is 7.54. The third kappa shape index (κ3) is 4.72. The fraction of sp³-hybridized carbons (Fsp3) is 0.304. The zero-order chi connectivity index (χ0) is 19.0. The molecule has 2 N–H and O–H groups in total. The summed E-state index contributed by atoms with van der Waals surface area (Å²) in [6.45, 7) is 5.56. The number of carbonyl (C=O) groups is 1. The highest BCUT2D eigenvalue weighted by molar-refractivity contribution is 6.07. The minimum atomic E-state index is 0. The van der Waals surface area contributed by atoms with Gasteiger partial charge in [-0.2, -0.15) is 0 Å². The molecule has 4 rings (SSSR count). The molecule has 1 aromatic heterocycles. The van der Waals surface area contributed by atoms with Crippen molar-refractivity contribution in [1.29, 1.82) is 0 Å². The summed E-state index contributed by atoms with van der Waals surface area (Å²) in [4.78, 5) is 20.1. The SMILES string of the molecule is Cc1ccc(-c2cc(C(=O)N3CCCC(N)C3)c3ccccc3n2)c(C)c1.Cl.Cl. The highest BCUT2D eigenvalue weighted by atomic mass is 35.5. The molecule has 1 amide bonds. The van der Waals surface area contributed by atoms with E-state index in [0.29, 0.717) is 12.1 Å². The number of likely N-dealkylation sites (tertiary alicyclic amines) is 1. The lowest BCUT2D eigenvalue weighted by Gasteiger charge is -2.31. The van der Waals surface area contributed by atoms with Gasteiger partial charge in [-0.05, 0) is 44.4 Å². The molecule has 6 heteroatoms. The van der Waals surface area contributed by atoms with Gasteiger partial charge >= 0.3 is 0 Å². The summed E-state index contributed by atoms with van der Waals surface area (Å²) in [5, 5.41) is 0.898. The van der Waals surface area contributed by atoms with Gasteiger partial charge in [-0.25, -0.2) is 4.98 Å². The lowest BCUT2D eigenvalue weighted by molar-refractivity contribution is 0.0711. The molecule has 1 unspecified atom stereocenters. The number of nitrogens with zero attached hydrogens (tertiary/aromatic N) is 2. The molecular weight excluding hydrogens is 405 g/mol. The molecule has 1 saturated heterocycles. The minimum absolute atomic E-state index is 0. The lowest BCUT2D eigenvalue weighted by atomic mass is 9.98. The molecule has 2 aromatic carbocycles. The summed E-state index contributed by atoms with van der Waals surface area (Å²) in [5.41, 5.74) is 12.0. The minimum Gasteiger partial charge on any atom is -0.337 e. The van der Waals surface area contributed by atoms with E-state index in [1.165, 1.54) is 5.56 Å². The largest absolute Gasteiger partial charge is 0.337 e. The zero-order valence-electron chi connectivity index (χ0n) is 16.7. The van der Waals surface area contributed by atoms with Crippen molar-refractivity contribution >= 4 is 41.6 Å².